The maximum atomic E-state index is 7.20. The van der Waals surface area contributed by atoms with E-state index in [-0.39, 0.29) is 13.4 Å². The first kappa shape index (κ1) is 35.9. The molecule has 1 aliphatic rings. The molecule has 3 aromatic heterocycles. The van der Waals surface area contributed by atoms with Crippen molar-refractivity contribution >= 4 is 114 Å². The van der Waals surface area contributed by atoms with Crippen molar-refractivity contribution in [3.05, 3.63) is 225 Å². The molecule has 0 radical (unpaired) electrons. The molecule has 11 aromatic rings. The summed E-state index contributed by atoms with van der Waals surface area (Å²) in [4.78, 5) is 9.40. The van der Waals surface area contributed by atoms with Crippen molar-refractivity contribution in [2.45, 2.75) is 0 Å². The van der Waals surface area contributed by atoms with Gasteiger partial charge in [-0.1, -0.05) is 132 Å². The number of hydrogen-bond donors (Lipinski definition) is 0. The van der Waals surface area contributed by atoms with Gasteiger partial charge in [0.05, 0.1) is 16.8 Å². The molecule has 5 nitrogen and oxygen atoms in total. The van der Waals surface area contributed by atoms with E-state index in [1.54, 1.807) is 0 Å². The topological polar surface area (TPSA) is 45.7 Å². The van der Waals surface area contributed by atoms with Crippen LogP contribution in [0, 0.1) is 0 Å². The molecule has 0 saturated carbocycles. The number of hydrogen-bond acceptors (Lipinski definition) is 5. The number of benzene rings is 8. The monoisotopic (exact) mass is 793 g/mol. The van der Waals surface area contributed by atoms with Crippen LogP contribution in [0.3, 0.4) is 0 Å². The van der Waals surface area contributed by atoms with Gasteiger partial charge in [0, 0.05) is 56.5 Å². The third-order valence-electron chi connectivity index (χ3n) is 12.3. The molecule has 0 aliphatic carbocycles. The molecule has 1 aliphatic heterocycles. The van der Waals surface area contributed by atoms with Crippen LogP contribution in [-0.2, 0) is 0 Å². The summed E-state index contributed by atoms with van der Waals surface area (Å²) in [6, 6.07) is 76.9. The lowest BCUT2D eigenvalue weighted by Crippen LogP contribution is -2.73. The van der Waals surface area contributed by atoms with Gasteiger partial charge in [0.1, 0.15) is 11.2 Å². The normalized spacial score (nSPS) is 12.1. The first-order valence-corrected chi connectivity index (χ1v) is 21.1. The molecule has 0 fully saturated rings. The zero-order chi connectivity index (χ0) is 41.0. The Morgan fingerprint density at radius 2 is 0.758 bits per heavy atom. The molecule has 0 spiro atoms. The molecule has 62 heavy (non-hydrogen) atoms. The van der Waals surface area contributed by atoms with Crippen molar-refractivity contribution < 1.29 is 8.83 Å². The Labute approximate surface area is 360 Å². The van der Waals surface area contributed by atoms with Crippen LogP contribution in [0.2, 0.25) is 0 Å². The van der Waals surface area contributed by atoms with Gasteiger partial charge in [-0.3, -0.25) is 4.98 Å². The summed E-state index contributed by atoms with van der Waals surface area (Å²) in [5.41, 5.74) is 15.5. The average molecular weight is 794 g/mol. The number of para-hydroxylation sites is 5. The highest BCUT2D eigenvalue weighted by Gasteiger charge is 2.47. The lowest BCUT2D eigenvalue weighted by Gasteiger charge is -2.28. The van der Waals surface area contributed by atoms with Crippen LogP contribution in [0.1, 0.15) is 0 Å². The molecular formula is C55H37B2N3O2. The number of nitrogens with zero attached hydrogens (tertiary/aromatic N) is 3. The van der Waals surface area contributed by atoms with Crippen LogP contribution in [0.4, 0.5) is 34.1 Å². The predicted molar refractivity (Wildman–Crippen MR) is 259 cm³/mol. The Morgan fingerprint density at radius 1 is 0.339 bits per heavy atom. The molecule has 0 N–H and O–H groups in total. The van der Waals surface area contributed by atoms with Gasteiger partial charge in [0.2, 0.25) is 0 Å². The first-order chi connectivity index (χ1) is 30.8. The van der Waals surface area contributed by atoms with E-state index in [0.717, 1.165) is 100 Å². The lowest BCUT2D eigenvalue weighted by molar-refractivity contribution is 0.647. The summed E-state index contributed by atoms with van der Waals surface area (Å²) < 4.78 is 14.3. The molecule has 7 heteroatoms. The van der Waals surface area contributed by atoms with Crippen molar-refractivity contribution in [3.63, 3.8) is 0 Å². The summed E-state index contributed by atoms with van der Waals surface area (Å²) >= 11 is 0. The summed E-state index contributed by atoms with van der Waals surface area (Å²) in [5.74, 6) is 0. The third-order valence-corrected chi connectivity index (χ3v) is 12.3. The molecule has 4 heterocycles. The average Bonchev–Trinajstić information content (AvgIpc) is 3.92. The van der Waals surface area contributed by atoms with Crippen molar-refractivity contribution in [2.24, 2.45) is 0 Å². The minimum atomic E-state index is -0.252. The summed E-state index contributed by atoms with van der Waals surface area (Å²) in [6.07, 6.45) is 1.86. The summed E-state index contributed by atoms with van der Waals surface area (Å²) in [7, 11) is 0. The van der Waals surface area contributed by atoms with E-state index >= 15 is 0 Å². The molecule has 12 rings (SSSR count). The molecule has 290 valence electrons. The molecule has 0 amide bonds. The first-order valence-electron chi connectivity index (χ1n) is 21.1. The second-order valence-corrected chi connectivity index (χ2v) is 15.8. The Kier molecular flexibility index (Phi) is 8.63. The zero-order valence-electron chi connectivity index (χ0n) is 33.7. The second-order valence-electron chi connectivity index (χ2n) is 15.8. The van der Waals surface area contributed by atoms with E-state index in [2.05, 4.69) is 222 Å². The molecule has 0 bridgehead atoms. The highest BCUT2D eigenvalue weighted by Crippen LogP contribution is 2.35. The van der Waals surface area contributed by atoms with Gasteiger partial charge in [-0.05, 0) is 108 Å². The number of pyridine rings is 1. The number of furan rings is 2. The maximum absolute atomic E-state index is 7.20. The second kappa shape index (κ2) is 14.9. The Bertz CT molecular complexity index is 3280. The van der Waals surface area contributed by atoms with E-state index in [1.165, 1.54) is 0 Å². The van der Waals surface area contributed by atoms with E-state index in [4.69, 9.17) is 13.8 Å². The SMILES string of the molecule is c1ccc(N(c2ccccc2)c2ccc(B3c4oc5ccc6ncccc6c5c4B(c4ccc(N(c5ccccc5)c5ccccc5)cc4)c4oc5ccccc5c43)cc2)cc1. The van der Waals surface area contributed by atoms with Crippen molar-refractivity contribution in [2.75, 3.05) is 9.80 Å². The van der Waals surface area contributed by atoms with Crippen LogP contribution < -0.4 is 43.0 Å². The van der Waals surface area contributed by atoms with E-state index < -0.39 is 0 Å². The lowest BCUT2D eigenvalue weighted by atomic mass is 9.24. The van der Waals surface area contributed by atoms with Crippen LogP contribution in [-0.4, -0.2) is 18.4 Å². The van der Waals surface area contributed by atoms with Gasteiger partial charge in [-0.25, -0.2) is 0 Å². The van der Waals surface area contributed by atoms with Gasteiger partial charge in [0.15, 0.2) is 0 Å². The predicted octanol–water partition coefficient (Wildman–Crippen LogP) is 10.0. The minimum absolute atomic E-state index is 0.235. The smallest absolute Gasteiger partial charge is 0.290 e. The van der Waals surface area contributed by atoms with Crippen LogP contribution in [0.25, 0.3) is 32.8 Å². The fourth-order valence-corrected chi connectivity index (χ4v) is 9.62. The molecular weight excluding hydrogens is 756 g/mol. The van der Waals surface area contributed by atoms with Crippen LogP contribution in [0.5, 0.6) is 0 Å². The molecule has 0 saturated heterocycles. The van der Waals surface area contributed by atoms with E-state index in [9.17, 15) is 0 Å². The van der Waals surface area contributed by atoms with Crippen molar-refractivity contribution in [1.29, 1.82) is 0 Å². The molecule has 0 unspecified atom stereocenters. The number of rotatable bonds is 8. The zero-order valence-corrected chi connectivity index (χ0v) is 33.7. The third kappa shape index (κ3) is 5.93. The highest BCUT2D eigenvalue weighted by molar-refractivity contribution is 7.12. The fourth-order valence-electron chi connectivity index (χ4n) is 9.62. The largest absolute Gasteiger partial charge is 0.471 e. The van der Waals surface area contributed by atoms with Gasteiger partial charge in [-0.2, -0.15) is 0 Å². The van der Waals surface area contributed by atoms with Crippen LogP contribution >= 0.6 is 0 Å². The maximum Gasteiger partial charge on any atom is 0.290 e. The summed E-state index contributed by atoms with van der Waals surface area (Å²) in [6.45, 7) is -0.488. The highest BCUT2D eigenvalue weighted by atomic mass is 16.3. The van der Waals surface area contributed by atoms with E-state index in [0.29, 0.717) is 0 Å². The van der Waals surface area contributed by atoms with E-state index in [1.807, 2.05) is 12.3 Å². The Morgan fingerprint density at radius 3 is 1.29 bits per heavy atom. The van der Waals surface area contributed by atoms with Gasteiger partial charge in [-0.15, -0.1) is 0 Å². The van der Waals surface area contributed by atoms with Crippen molar-refractivity contribution in [1.82, 2.24) is 4.98 Å². The van der Waals surface area contributed by atoms with Crippen LogP contribution in [0.15, 0.2) is 233 Å². The number of fused-ring (bicyclic) bond motifs is 8. The number of aromatic nitrogens is 1. The Balaban J connectivity index is 1.06. The van der Waals surface area contributed by atoms with Gasteiger partial charge in [0.25, 0.3) is 13.4 Å². The Hall–Kier alpha value is -8.02. The fraction of sp³-hybridized carbons (Fsp3) is 0. The van der Waals surface area contributed by atoms with Crippen molar-refractivity contribution in [3.8, 4) is 0 Å². The standard InChI is InChI=1S/C55H37B2N3O2/c1-5-16-40(17-6-1)59(41-18-7-2-8-19-41)44-31-27-38(28-32-44)56-52-47-24-13-14-26-49(47)61-54(52)57(53-51-46-25-15-37-58-48(46)35-36-50(51)62-55(53)56)39-29-33-45(34-30-39)60(42-20-9-3-10-21-42)43-22-11-4-12-23-43/h1-37H. The summed E-state index contributed by atoms with van der Waals surface area (Å²) in [5, 5.41) is 3.22. The molecule has 8 aromatic carbocycles. The number of anilines is 6. The van der Waals surface area contributed by atoms with Gasteiger partial charge >= 0.3 is 0 Å². The quantitative estimate of drug-likeness (QED) is 0.144. The molecule has 0 atom stereocenters. The minimum Gasteiger partial charge on any atom is -0.471 e. The van der Waals surface area contributed by atoms with Gasteiger partial charge < -0.3 is 18.6 Å².